The Bertz CT molecular complexity index is 709. The number of rotatable bonds is 3. The average Bonchev–Trinajstić information content (AvgIpc) is 3.14. The van der Waals surface area contributed by atoms with Crippen molar-refractivity contribution in [1.29, 1.82) is 0 Å². The minimum Gasteiger partial charge on any atom is -0.480 e. The van der Waals surface area contributed by atoms with Gasteiger partial charge in [-0.05, 0) is 31.9 Å². The first-order valence-corrected chi connectivity index (χ1v) is 7.23. The van der Waals surface area contributed by atoms with Crippen molar-refractivity contribution in [1.82, 2.24) is 14.7 Å². The quantitative estimate of drug-likeness (QED) is 0.938. The summed E-state index contributed by atoms with van der Waals surface area (Å²) in [5.41, 5.74) is 1.92. The topological polar surface area (TPSA) is 75.4 Å². The molecule has 1 saturated heterocycles. The molecule has 1 aromatic heterocycles. The molecule has 1 aliphatic heterocycles. The standard InChI is InChI=1S/C16H17N3O3/c1-11-13(10-19(17-11)12-6-3-2-4-7-12)15(20)18-9-5-8-14(18)16(21)22/h2-4,6-7,10,14H,5,8-9H2,1H3,(H,21,22)/t14-/m0/s1. The van der Waals surface area contributed by atoms with E-state index >= 15 is 0 Å². The van der Waals surface area contributed by atoms with Crippen LogP contribution in [-0.4, -0.2) is 44.3 Å². The highest BCUT2D eigenvalue weighted by Crippen LogP contribution is 2.22. The summed E-state index contributed by atoms with van der Waals surface area (Å²) in [6.07, 6.45) is 2.89. The maximum Gasteiger partial charge on any atom is 0.326 e. The Morgan fingerprint density at radius 3 is 2.68 bits per heavy atom. The van der Waals surface area contributed by atoms with Gasteiger partial charge in [-0.2, -0.15) is 5.10 Å². The molecule has 22 heavy (non-hydrogen) atoms. The molecule has 114 valence electrons. The summed E-state index contributed by atoms with van der Waals surface area (Å²) in [6, 6.07) is 8.77. The SMILES string of the molecule is Cc1nn(-c2ccccc2)cc1C(=O)N1CCC[C@H]1C(=O)O. The van der Waals surface area contributed by atoms with Crippen molar-refractivity contribution >= 4 is 11.9 Å². The lowest BCUT2D eigenvalue weighted by Crippen LogP contribution is -2.40. The number of aryl methyl sites for hydroxylation is 1. The van der Waals surface area contributed by atoms with Gasteiger partial charge in [0.05, 0.1) is 16.9 Å². The van der Waals surface area contributed by atoms with E-state index in [1.54, 1.807) is 17.8 Å². The number of amides is 1. The number of hydrogen-bond acceptors (Lipinski definition) is 3. The molecule has 1 amide bonds. The van der Waals surface area contributed by atoms with Gasteiger partial charge in [0.25, 0.3) is 5.91 Å². The van der Waals surface area contributed by atoms with Crippen molar-refractivity contribution in [2.24, 2.45) is 0 Å². The second-order valence-electron chi connectivity index (χ2n) is 5.40. The molecule has 6 heteroatoms. The van der Waals surface area contributed by atoms with Gasteiger partial charge >= 0.3 is 5.97 Å². The Morgan fingerprint density at radius 2 is 2.00 bits per heavy atom. The van der Waals surface area contributed by atoms with E-state index in [0.29, 0.717) is 30.6 Å². The fraction of sp³-hybridized carbons (Fsp3) is 0.312. The third-order valence-electron chi connectivity index (χ3n) is 3.95. The van der Waals surface area contributed by atoms with Crippen LogP contribution in [0.4, 0.5) is 0 Å². The van der Waals surface area contributed by atoms with E-state index in [-0.39, 0.29) is 5.91 Å². The van der Waals surface area contributed by atoms with Gasteiger partial charge in [-0.3, -0.25) is 4.79 Å². The van der Waals surface area contributed by atoms with E-state index in [4.69, 9.17) is 0 Å². The Balaban J connectivity index is 1.91. The van der Waals surface area contributed by atoms with Crippen LogP contribution in [0.2, 0.25) is 0 Å². The molecule has 1 fully saturated rings. The minimum atomic E-state index is -0.945. The van der Waals surface area contributed by atoms with Crippen LogP contribution in [0.3, 0.4) is 0 Å². The molecule has 0 saturated carbocycles. The molecule has 1 aromatic carbocycles. The van der Waals surface area contributed by atoms with E-state index in [9.17, 15) is 14.7 Å². The molecule has 0 aliphatic carbocycles. The lowest BCUT2D eigenvalue weighted by molar-refractivity contribution is -0.141. The maximum absolute atomic E-state index is 12.6. The van der Waals surface area contributed by atoms with Crippen molar-refractivity contribution in [2.45, 2.75) is 25.8 Å². The summed E-state index contributed by atoms with van der Waals surface area (Å²) in [5, 5.41) is 13.6. The lowest BCUT2D eigenvalue weighted by atomic mass is 10.2. The molecule has 6 nitrogen and oxygen atoms in total. The second-order valence-corrected chi connectivity index (χ2v) is 5.40. The summed E-state index contributed by atoms with van der Waals surface area (Å²) in [6.45, 7) is 2.24. The summed E-state index contributed by atoms with van der Waals surface area (Å²) >= 11 is 0. The molecule has 2 aromatic rings. The lowest BCUT2D eigenvalue weighted by Gasteiger charge is -2.20. The Morgan fingerprint density at radius 1 is 1.27 bits per heavy atom. The van der Waals surface area contributed by atoms with Crippen molar-refractivity contribution in [3.05, 3.63) is 47.8 Å². The highest BCUT2D eigenvalue weighted by Gasteiger charge is 2.35. The maximum atomic E-state index is 12.6. The van der Waals surface area contributed by atoms with Crippen LogP contribution < -0.4 is 0 Å². The van der Waals surface area contributed by atoms with Gasteiger partial charge in [0, 0.05) is 12.7 Å². The molecular weight excluding hydrogens is 282 g/mol. The molecule has 0 unspecified atom stereocenters. The Hall–Kier alpha value is -2.63. The molecule has 1 N–H and O–H groups in total. The summed E-state index contributed by atoms with van der Waals surface area (Å²) < 4.78 is 1.65. The van der Waals surface area contributed by atoms with Crippen LogP contribution >= 0.6 is 0 Å². The zero-order valence-electron chi connectivity index (χ0n) is 12.3. The number of aliphatic carboxylic acids is 1. The number of benzene rings is 1. The fourth-order valence-corrected chi connectivity index (χ4v) is 2.80. The van der Waals surface area contributed by atoms with Crippen LogP contribution in [0.1, 0.15) is 28.9 Å². The number of carboxylic acid groups (broad SMARTS) is 1. The van der Waals surface area contributed by atoms with E-state index in [2.05, 4.69) is 5.10 Å². The number of carbonyl (C=O) groups is 2. The summed E-state index contributed by atoms with van der Waals surface area (Å²) in [7, 11) is 0. The number of aromatic nitrogens is 2. The van der Waals surface area contributed by atoms with Gasteiger partial charge in [-0.25, -0.2) is 9.48 Å². The van der Waals surface area contributed by atoms with Gasteiger partial charge in [0.1, 0.15) is 6.04 Å². The first kappa shape index (κ1) is 14.3. The van der Waals surface area contributed by atoms with E-state index < -0.39 is 12.0 Å². The number of carbonyl (C=O) groups excluding carboxylic acids is 1. The smallest absolute Gasteiger partial charge is 0.326 e. The second kappa shape index (κ2) is 5.63. The molecule has 2 heterocycles. The van der Waals surface area contributed by atoms with Gasteiger partial charge in [0.2, 0.25) is 0 Å². The van der Waals surface area contributed by atoms with Crippen molar-refractivity contribution in [2.75, 3.05) is 6.54 Å². The van der Waals surface area contributed by atoms with Crippen LogP contribution in [-0.2, 0) is 4.79 Å². The Kier molecular flexibility index (Phi) is 3.66. The molecule has 1 atom stereocenters. The number of para-hydroxylation sites is 1. The predicted molar refractivity (Wildman–Crippen MR) is 80.0 cm³/mol. The van der Waals surface area contributed by atoms with Gasteiger partial charge in [-0.15, -0.1) is 0 Å². The van der Waals surface area contributed by atoms with Gasteiger partial charge < -0.3 is 10.0 Å². The summed E-state index contributed by atoms with van der Waals surface area (Å²) in [4.78, 5) is 25.3. The average molecular weight is 299 g/mol. The number of hydrogen-bond donors (Lipinski definition) is 1. The minimum absolute atomic E-state index is 0.260. The predicted octanol–water partition coefficient (Wildman–Crippen LogP) is 1.87. The normalized spacial score (nSPS) is 17.7. The molecule has 0 spiro atoms. The summed E-state index contributed by atoms with van der Waals surface area (Å²) in [5.74, 6) is -1.21. The van der Waals surface area contributed by atoms with Crippen LogP contribution in [0, 0.1) is 6.92 Å². The molecule has 1 aliphatic rings. The van der Waals surface area contributed by atoms with Crippen LogP contribution in [0.15, 0.2) is 36.5 Å². The molecular formula is C16H17N3O3. The monoisotopic (exact) mass is 299 g/mol. The van der Waals surface area contributed by atoms with E-state index in [0.717, 1.165) is 5.69 Å². The number of nitrogens with zero attached hydrogens (tertiary/aromatic N) is 3. The van der Waals surface area contributed by atoms with Crippen molar-refractivity contribution < 1.29 is 14.7 Å². The highest BCUT2D eigenvalue weighted by atomic mass is 16.4. The molecule has 3 rings (SSSR count). The van der Waals surface area contributed by atoms with E-state index in [1.165, 1.54) is 4.90 Å². The first-order valence-electron chi connectivity index (χ1n) is 7.23. The van der Waals surface area contributed by atoms with Crippen LogP contribution in [0.25, 0.3) is 5.69 Å². The highest BCUT2D eigenvalue weighted by molar-refractivity contribution is 5.97. The number of likely N-dealkylation sites (tertiary alicyclic amines) is 1. The van der Waals surface area contributed by atoms with Crippen LogP contribution in [0.5, 0.6) is 0 Å². The first-order chi connectivity index (χ1) is 10.6. The zero-order chi connectivity index (χ0) is 15.7. The number of carboxylic acids is 1. The van der Waals surface area contributed by atoms with Gasteiger partial charge in [-0.1, -0.05) is 18.2 Å². The zero-order valence-corrected chi connectivity index (χ0v) is 12.3. The van der Waals surface area contributed by atoms with Gasteiger partial charge in [0.15, 0.2) is 0 Å². The fourth-order valence-electron chi connectivity index (χ4n) is 2.80. The Labute approximate surface area is 128 Å². The molecule has 0 bridgehead atoms. The molecule has 0 radical (unpaired) electrons. The largest absolute Gasteiger partial charge is 0.480 e. The third-order valence-corrected chi connectivity index (χ3v) is 3.95. The van der Waals surface area contributed by atoms with E-state index in [1.807, 2.05) is 30.3 Å². The van der Waals surface area contributed by atoms with Crippen molar-refractivity contribution in [3.63, 3.8) is 0 Å². The third kappa shape index (κ3) is 2.47. The van der Waals surface area contributed by atoms with Crippen molar-refractivity contribution in [3.8, 4) is 5.69 Å².